The molecule has 4 nitrogen and oxygen atoms in total. The van der Waals surface area contributed by atoms with Gasteiger partial charge in [0.25, 0.3) is 5.56 Å². The highest BCUT2D eigenvalue weighted by Crippen LogP contribution is 2.18. The number of hydrogen-bond donors (Lipinski definition) is 1. The zero-order valence-corrected chi connectivity index (χ0v) is 10.1. The molecule has 0 atom stereocenters. The third kappa shape index (κ3) is 2.42. The Morgan fingerprint density at radius 3 is 2.37 bits per heavy atom. The van der Waals surface area contributed by atoms with Gasteiger partial charge in [-0.25, -0.2) is 4.98 Å². The molecule has 0 saturated heterocycles. The second-order valence-electron chi connectivity index (χ2n) is 4.08. The van der Waals surface area contributed by atoms with Crippen LogP contribution in [0.5, 0.6) is 0 Å². The summed E-state index contributed by atoms with van der Waals surface area (Å²) in [5.74, 6) is 0.569. The summed E-state index contributed by atoms with van der Waals surface area (Å²) in [7, 11) is 0. The van der Waals surface area contributed by atoms with Gasteiger partial charge in [-0.15, -0.1) is 0 Å². The van der Waals surface area contributed by atoms with Gasteiger partial charge < -0.3 is 4.98 Å². The molecule has 0 aliphatic carbocycles. The summed E-state index contributed by atoms with van der Waals surface area (Å²) in [5, 5.41) is 0. The van der Waals surface area contributed by atoms with Crippen molar-refractivity contribution < 1.29 is 0 Å². The summed E-state index contributed by atoms with van der Waals surface area (Å²) >= 11 is 0. The predicted molar refractivity (Wildman–Crippen MR) is 73.5 cm³/mol. The van der Waals surface area contributed by atoms with Gasteiger partial charge in [-0.1, -0.05) is 30.3 Å². The maximum atomic E-state index is 11.7. The maximum absolute atomic E-state index is 11.7. The molecule has 2 heterocycles. The Bertz CT molecular complexity index is 675. The number of nitrogens with one attached hydrogen (secondary N) is 1. The Labute approximate surface area is 109 Å². The summed E-state index contributed by atoms with van der Waals surface area (Å²) in [5.41, 5.74) is 2.24. The van der Waals surface area contributed by atoms with Crippen molar-refractivity contribution in [2.75, 3.05) is 0 Å². The molecule has 1 aromatic carbocycles. The molecular formula is C15H11N3O. The average molecular weight is 249 g/mol. The Morgan fingerprint density at radius 1 is 0.895 bits per heavy atom. The molecule has 0 fully saturated rings. The molecule has 2 aromatic heterocycles. The van der Waals surface area contributed by atoms with E-state index in [1.807, 2.05) is 42.5 Å². The van der Waals surface area contributed by atoms with Crippen molar-refractivity contribution in [3.8, 4) is 22.6 Å². The number of rotatable bonds is 2. The van der Waals surface area contributed by atoms with Crippen molar-refractivity contribution >= 4 is 0 Å². The van der Waals surface area contributed by atoms with Crippen LogP contribution in [0.2, 0.25) is 0 Å². The van der Waals surface area contributed by atoms with E-state index in [0.717, 1.165) is 11.1 Å². The molecular weight excluding hydrogens is 238 g/mol. The molecule has 3 aromatic rings. The Morgan fingerprint density at radius 2 is 1.63 bits per heavy atom. The zero-order valence-electron chi connectivity index (χ0n) is 10.1. The topological polar surface area (TPSA) is 58.6 Å². The zero-order chi connectivity index (χ0) is 13.1. The number of H-pyrrole nitrogens is 1. The first kappa shape index (κ1) is 11.3. The Hall–Kier alpha value is -2.75. The first-order valence-corrected chi connectivity index (χ1v) is 5.90. The van der Waals surface area contributed by atoms with Gasteiger partial charge in [-0.05, 0) is 12.1 Å². The number of nitrogens with zero attached hydrogens (tertiary/aromatic N) is 2. The van der Waals surface area contributed by atoms with E-state index in [1.54, 1.807) is 12.4 Å². The fourth-order valence-electron chi connectivity index (χ4n) is 1.86. The van der Waals surface area contributed by atoms with Crippen LogP contribution in [0.4, 0.5) is 0 Å². The lowest BCUT2D eigenvalue weighted by Gasteiger charge is -2.04. The minimum absolute atomic E-state index is 0.166. The van der Waals surface area contributed by atoms with Crippen LogP contribution in [0, 0.1) is 0 Å². The fraction of sp³-hybridized carbons (Fsp3) is 0. The minimum atomic E-state index is -0.166. The predicted octanol–water partition coefficient (Wildman–Crippen LogP) is 2.50. The van der Waals surface area contributed by atoms with Gasteiger partial charge in [-0.2, -0.15) is 0 Å². The van der Waals surface area contributed by atoms with Crippen molar-refractivity contribution in [3.63, 3.8) is 0 Å². The van der Waals surface area contributed by atoms with E-state index in [9.17, 15) is 4.79 Å². The SMILES string of the molecule is O=c1cc(-c2ccncc2)nc(-c2ccccc2)[nH]1. The van der Waals surface area contributed by atoms with E-state index in [4.69, 9.17) is 0 Å². The van der Waals surface area contributed by atoms with E-state index in [-0.39, 0.29) is 5.56 Å². The third-order valence-electron chi connectivity index (χ3n) is 2.76. The van der Waals surface area contributed by atoms with Gasteiger partial charge in [0, 0.05) is 29.6 Å². The number of pyridine rings is 1. The van der Waals surface area contributed by atoms with Crippen LogP contribution < -0.4 is 5.56 Å². The van der Waals surface area contributed by atoms with Crippen LogP contribution in [-0.4, -0.2) is 15.0 Å². The van der Waals surface area contributed by atoms with Gasteiger partial charge in [0.15, 0.2) is 0 Å². The lowest BCUT2D eigenvalue weighted by atomic mass is 10.1. The minimum Gasteiger partial charge on any atom is -0.306 e. The van der Waals surface area contributed by atoms with Gasteiger partial charge >= 0.3 is 0 Å². The number of benzene rings is 1. The van der Waals surface area contributed by atoms with E-state index in [0.29, 0.717) is 11.5 Å². The van der Waals surface area contributed by atoms with Gasteiger partial charge in [0.2, 0.25) is 0 Å². The number of aromatic amines is 1. The summed E-state index contributed by atoms with van der Waals surface area (Å²) in [6.45, 7) is 0. The molecule has 0 amide bonds. The highest BCUT2D eigenvalue weighted by Gasteiger charge is 2.05. The molecule has 0 unspecified atom stereocenters. The van der Waals surface area contributed by atoms with Crippen LogP contribution in [0.1, 0.15) is 0 Å². The monoisotopic (exact) mass is 249 g/mol. The highest BCUT2D eigenvalue weighted by atomic mass is 16.1. The van der Waals surface area contributed by atoms with E-state index in [1.165, 1.54) is 6.07 Å². The van der Waals surface area contributed by atoms with Crippen molar-refractivity contribution in [2.24, 2.45) is 0 Å². The quantitative estimate of drug-likeness (QED) is 0.759. The summed E-state index contributed by atoms with van der Waals surface area (Å²) in [6, 6.07) is 14.7. The van der Waals surface area contributed by atoms with E-state index in [2.05, 4.69) is 15.0 Å². The van der Waals surface area contributed by atoms with Gasteiger partial charge in [0.05, 0.1) is 5.69 Å². The maximum Gasteiger partial charge on any atom is 0.251 e. The standard InChI is InChI=1S/C15H11N3O/c19-14-10-13(11-6-8-16-9-7-11)17-15(18-14)12-4-2-1-3-5-12/h1-10H,(H,17,18,19). The molecule has 0 saturated carbocycles. The van der Waals surface area contributed by atoms with Crippen molar-refractivity contribution in [1.29, 1.82) is 0 Å². The second-order valence-corrected chi connectivity index (χ2v) is 4.08. The highest BCUT2D eigenvalue weighted by molar-refractivity contribution is 5.62. The Kier molecular flexibility index (Phi) is 2.90. The first-order chi connectivity index (χ1) is 9.33. The largest absolute Gasteiger partial charge is 0.306 e. The van der Waals surface area contributed by atoms with Crippen LogP contribution in [0.25, 0.3) is 22.6 Å². The van der Waals surface area contributed by atoms with Gasteiger partial charge in [0.1, 0.15) is 5.82 Å². The third-order valence-corrected chi connectivity index (χ3v) is 2.76. The van der Waals surface area contributed by atoms with Gasteiger partial charge in [-0.3, -0.25) is 9.78 Å². The molecule has 4 heteroatoms. The molecule has 0 radical (unpaired) electrons. The molecule has 0 bridgehead atoms. The summed E-state index contributed by atoms with van der Waals surface area (Å²) < 4.78 is 0. The molecule has 0 spiro atoms. The molecule has 19 heavy (non-hydrogen) atoms. The summed E-state index contributed by atoms with van der Waals surface area (Å²) in [6.07, 6.45) is 3.36. The van der Waals surface area contributed by atoms with Crippen molar-refractivity contribution in [3.05, 3.63) is 71.3 Å². The smallest absolute Gasteiger partial charge is 0.251 e. The van der Waals surface area contributed by atoms with Crippen LogP contribution >= 0.6 is 0 Å². The molecule has 1 N–H and O–H groups in total. The van der Waals surface area contributed by atoms with Crippen LogP contribution in [0.15, 0.2) is 65.7 Å². The van der Waals surface area contributed by atoms with Crippen molar-refractivity contribution in [2.45, 2.75) is 0 Å². The fourth-order valence-corrected chi connectivity index (χ4v) is 1.86. The lowest BCUT2D eigenvalue weighted by molar-refractivity contribution is 1.13. The van der Waals surface area contributed by atoms with E-state index >= 15 is 0 Å². The second kappa shape index (κ2) is 4.86. The van der Waals surface area contributed by atoms with Crippen LogP contribution in [-0.2, 0) is 0 Å². The average Bonchev–Trinajstić information content (AvgIpc) is 2.48. The first-order valence-electron chi connectivity index (χ1n) is 5.90. The van der Waals surface area contributed by atoms with Crippen LogP contribution in [0.3, 0.4) is 0 Å². The molecule has 0 aliphatic rings. The van der Waals surface area contributed by atoms with E-state index < -0.39 is 0 Å². The number of aromatic nitrogens is 3. The number of hydrogen-bond acceptors (Lipinski definition) is 3. The lowest BCUT2D eigenvalue weighted by Crippen LogP contribution is -2.08. The summed E-state index contributed by atoms with van der Waals surface area (Å²) in [4.78, 5) is 22.9. The van der Waals surface area contributed by atoms with Crippen molar-refractivity contribution in [1.82, 2.24) is 15.0 Å². The molecule has 92 valence electrons. The molecule has 3 rings (SSSR count). The normalized spacial score (nSPS) is 10.3. The molecule has 0 aliphatic heterocycles. The Balaban J connectivity index is 2.15.